The van der Waals surface area contributed by atoms with Gasteiger partial charge in [-0.2, -0.15) is 13.2 Å². The maximum Gasteiger partial charge on any atom is 0.405 e. The second-order valence-corrected chi connectivity index (χ2v) is 10.1. The average molecular weight is 626 g/mol. The molecule has 0 atom stereocenters. The Morgan fingerprint density at radius 1 is 0.889 bits per heavy atom. The molecule has 1 N–H and O–H groups in total. The zero-order chi connectivity index (χ0) is 32.4. The highest BCUT2D eigenvalue weighted by atomic mass is 19.4. The fraction of sp³-hybridized carbons (Fsp3) is 0.235. The Labute approximate surface area is 258 Å². The molecular formula is C34H32F5N3O3. The van der Waals surface area contributed by atoms with E-state index in [1.54, 1.807) is 31.4 Å². The summed E-state index contributed by atoms with van der Waals surface area (Å²) in [4.78, 5) is 17.5. The van der Waals surface area contributed by atoms with E-state index in [4.69, 9.17) is 9.47 Å². The monoisotopic (exact) mass is 625 g/mol. The molecule has 6 nitrogen and oxygen atoms in total. The van der Waals surface area contributed by atoms with Crippen molar-refractivity contribution in [1.29, 1.82) is 0 Å². The quantitative estimate of drug-likeness (QED) is 0.0873. The molecule has 236 valence electrons. The molecule has 0 fully saturated rings. The van der Waals surface area contributed by atoms with Crippen molar-refractivity contribution in [3.63, 3.8) is 0 Å². The third-order valence-electron chi connectivity index (χ3n) is 6.94. The van der Waals surface area contributed by atoms with Crippen LogP contribution in [0.1, 0.15) is 27.9 Å². The first-order chi connectivity index (χ1) is 21.6. The Hall–Kier alpha value is -4.93. The summed E-state index contributed by atoms with van der Waals surface area (Å²) in [5.41, 5.74) is 1.47. The molecule has 0 radical (unpaired) electrons. The van der Waals surface area contributed by atoms with Gasteiger partial charge in [0.1, 0.15) is 35.2 Å². The lowest BCUT2D eigenvalue weighted by Crippen LogP contribution is -2.35. The van der Waals surface area contributed by atoms with Gasteiger partial charge in [0, 0.05) is 12.2 Å². The Morgan fingerprint density at radius 2 is 1.51 bits per heavy atom. The largest absolute Gasteiger partial charge is 0.497 e. The molecule has 0 spiro atoms. The lowest BCUT2D eigenvalue weighted by molar-refractivity contribution is -0.119. The van der Waals surface area contributed by atoms with E-state index >= 15 is 0 Å². The standard InChI is InChI=1S/C34H32F5N3O3/c1-40-30-21-25(41-33(43)32-28(35)6-3-7-29(32)36)12-17-31(30)42(22-34(37,38)39)19-18-24-10-15-27(16-11-24)45-20-4-5-23-8-13-26(44-2)14-9-23/h3,6-17,21H,1,4-5,18-20,22H2,2H3,(H,41,43). The van der Waals surface area contributed by atoms with Crippen LogP contribution in [0, 0.1) is 11.6 Å². The summed E-state index contributed by atoms with van der Waals surface area (Å²) in [6.07, 6.45) is -2.58. The molecule has 4 aromatic carbocycles. The van der Waals surface area contributed by atoms with Gasteiger partial charge in [-0.1, -0.05) is 30.3 Å². The molecule has 0 aliphatic rings. The number of anilines is 2. The minimum atomic E-state index is -4.52. The van der Waals surface area contributed by atoms with Crippen LogP contribution in [-0.2, 0) is 12.8 Å². The normalized spacial score (nSPS) is 11.2. The minimum absolute atomic E-state index is 0.00373. The molecule has 45 heavy (non-hydrogen) atoms. The van der Waals surface area contributed by atoms with Crippen molar-refractivity contribution in [3.05, 3.63) is 113 Å². The molecule has 0 aliphatic carbocycles. The van der Waals surface area contributed by atoms with E-state index in [-0.39, 0.29) is 30.0 Å². The number of aliphatic imine (C=N–C) groups is 1. The molecule has 0 unspecified atom stereocenters. The summed E-state index contributed by atoms with van der Waals surface area (Å²) in [6, 6.07) is 22.0. The van der Waals surface area contributed by atoms with Gasteiger partial charge in [0.15, 0.2) is 0 Å². The van der Waals surface area contributed by atoms with Gasteiger partial charge in [0.25, 0.3) is 5.91 Å². The number of nitrogens with one attached hydrogen (secondary N) is 1. The van der Waals surface area contributed by atoms with Crippen LogP contribution in [0.15, 0.2) is 89.9 Å². The van der Waals surface area contributed by atoms with Crippen LogP contribution >= 0.6 is 0 Å². The minimum Gasteiger partial charge on any atom is -0.497 e. The first-order valence-corrected chi connectivity index (χ1v) is 14.1. The van der Waals surface area contributed by atoms with Gasteiger partial charge in [-0.25, -0.2) is 8.78 Å². The molecule has 0 bridgehead atoms. The molecule has 4 aromatic rings. The fourth-order valence-electron chi connectivity index (χ4n) is 4.68. The Balaban J connectivity index is 1.37. The molecule has 0 saturated heterocycles. The number of carbonyl (C=O) groups is 1. The molecular weight excluding hydrogens is 593 g/mol. The van der Waals surface area contributed by atoms with Gasteiger partial charge < -0.3 is 19.7 Å². The van der Waals surface area contributed by atoms with Crippen molar-refractivity contribution in [1.82, 2.24) is 0 Å². The van der Waals surface area contributed by atoms with Crippen LogP contribution in [0.3, 0.4) is 0 Å². The van der Waals surface area contributed by atoms with Crippen molar-refractivity contribution in [2.75, 3.05) is 37.0 Å². The van der Waals surface area contributed by atoms with Gasteiger partial charge >= 0.3 is 6.18 Å². The number of alkyl halides is 3. The zero-order valence-corrected chi connectivity index (χ0v) is 24.5. The highest BCUT2D eigenvalue weighted by molar-refractivity contribution is 6.05. The SMILES string of the molecule is C=Nc1cc(NC(=O)c2c(F)cccc2F)ccc1N(CCc1ccc(OCCCc2ccc(OC)cc2)cc1)CC(F)(F)F. The number of halogens is 5. The predicted molar refractivity (Wildman–Crippen MR) is 165 cm³/mol. The number of nitrogens with zero attached hydrogens (tertiary/aromatic N) is 2. The number of hydrogen-bond donors (Lipinski definition) is 1. The van der Waals surface area contributed by atoms with E-state index in [2.05, 4.69) is 17.0 Å². The van der Waals surface area contributed by atoms with E-state index < -0.39 is 35.8 Å². The van der Waals surface area contributed by atoms with Crippen LogP contribution in [0.2, 0.25) is 0 Å². The highest BCUT2D eigenvalue weighted by Gasteiger charge is 2.32. The van der Waals surface area contributed by atoms with Crippen LogP contribution < -0.4 is 19.7 Å². The number of ether oxygens (including phenoxy) is 2. The first kappa shape index (κ1) is 33.0. The first-order valence-electron chi connectivity index (χ1n) is 14.1. The maximum atomic E-state index is 14.0. The third-order valence-corrected chi connectivity index (χ3v) is 6.94. The fourth-order valence-corrected chi connectivity index (χ4v) is 4.68. The molecule has 0 aliphatic heterocycles. The zero-order valence-electron chi connectivity index (χ0n) is 24.5. The number of hydrogen-bond acceptors (Lipinski definition) is 5. The number of methoxy groups -OCH3 is 1. The van der Waals surface area contributed by atoms with Gasteiger partial charge in [0.05, 0.1) is 25.1 Å². The van der Waals surface area contributed by atoms with Crippen molar-refractivity contribution in [3.8, 4) is 11.5 Å². The lowest BCUT2D eigenvalue weighted by atomic mass is 10.1. The van der Waals surface area contributed by atoms with Gasteiger partial charge in [-0.15, -0.1) is 0 Å². The smallest absolute Gasteiger partial charge is 0.405 e. The second-order valence-electron chi connectivity index (χ2n) is 10.1. The second kappa shape index (κ2) is 15.2. The number of aryl methyl sites for hydroxylation is 1. The van der Waals surface area contributed by atoms with Crippen molar-refractivity contribution < 1.29 is 36.2 Å². The van der Waals surface area contributed by atoms with Crippen LogP contribution in [0.5, 0.6) is 11.5 Å². The molecule has 0 heterocycles. The summed E-state index contributed by atoms with van der Waals surface area (Å²) in [6.45, 7) is 2.70. The molecule has 0 saturated carbocycles. The van der Waals surface area contributed by atoms with Gasteiger partial charge in [-0.3, -0.25) is 9.79 Å². The summed E-state index contributed by atoms with van der Waals surface area (Å²) in [5, 5.41) is 2.36. The molecule has 11 heteroatoms. The summed E-state index contributed by atoms with van der Waals surface area (Å²) >= 11 is 0. The van der Waals surface area contributed by atoms with Crippen LogP contribution in [0.25, 0.3) is 0 Å². The topological polar surface area (TPSA) is 63.2 Å². The third kappa shape index (κ3) is 9.53. The van der Waals surface area contributed by atoms with E-state index in [0.717, 1.165) is 47.3 Å². The van der Waals surface area contributed by atoms with Crippen LogP contribution in [-0.4, -0.2) is 45.6 Å². The molecule has 4 rings (SSSR count). The predicted octanol–water partition coefficient (Wildman–Crippen LogP) is 8.18. The number of amides is 1. The number of rotatable bonds is 14. The molecule has 1 amide bonds. The summed E-state index contributed by atoms with van der Waals surface area (Å²) in [5.74, 6) is -1.69. The van der Waals surface area contributed by atoms with Crippen LogP contribution in [0.4, 0.5) is 39.0 Å². The van der Waals surface area contributed by atoms with E-state index in [0.29, 0.717) is 12.4 Å². The highest BCUT2D eigenvalue weighted by Crippen LogP contribution is 2.34. The van der Waals surface area contributed by atoms with Gasteiger partial charge in [-0.05, 0) is 91.7 Å². The van der Waals surface area contributed by atoms with E-state index in [1.165, 1.54) is 23.8 Å². The van der Waals surface area contributed by atoms with Gasteiger partial charge in [0.2, 0.25) is 0 Å². The molecule has 0 aromatic heterocycles. The van der Waals surface area contributed by atoms with Crippen molar-refractivity contribution in [2.24, 2.45) is 4.99 Å². The van der Waals surface area contributed by atoms with Crippen molar-refractivity contribution >= 4 is 29.7 Å². The average Bonchev–Trinajstić information content (AvgIpc) is 3.01. The lowest BCUT2D eigenvalue weighted by Gasteiger charge is -2.27. The van der Waals surface area contributed by atoms with Crippen molar-refractivity contribution in [2.45, 2.75) is 25.4 Å². The Kier molecular flexibility index (Phi) is 11.1. The maximum absolute atomic E-state index is 14.0. The number of benzene rings is 4. The Bertz CT molecular complexity index is 1570. The Morgan fingerprint density at radius 3 is 2.11 bits per heavy atom. The van der Waals surface area contributed by atoms with E-state index in [1.807, 2.05) is 24.3 Å². The number of carbonyl (C=O) groups excluding carboxylic acids is 1. The summed E-state index contributed by atoms with van der Waals surface area (Å²) < 4.78 is 79.7. The van der Waals surface area contributed by atoms with E-state index in [9.17, 15) is 26.7 Å². The summed E-state index contributed by atoms with van der Waals surface area (Å²) in [7, 11) is 1.62.